The summed E-state index contributed by atoms with van der Waals surface area (Å²) in [7, 11) is 0. The highest BCUT2D eigenvalue weighted by atomic mass is 35.5. The molecule has 1 aromatic rings. The van der Waals surface area contributed by atoms with Crippen LogP contribution in [-0.4, -0.2) is 17.3 Å². The lowest BCUT2D eigenvalue weighted by atomic mass is 10.2. The third-order valence-electron chi connectivity index (χ3n) is 2.60. The van der Waals surface area contributed by atoms with E-state index in [1.807, 2.05) is 0 Å². The molecule has 15 heavy (non-hydrogen) atoms. The van der Waals surface area contributed by atoms with E-state index in [0.29, 0.717) is 5.75 Å². The van der Waals surface area contributed by atoms with Crippen LogP contribution in [0.1, 0.15) is 19.3 Å². The standard InChI is InChI=1S/C11H12ClFO2/c12-8-6-7(4-5-9(8)13)15-11-3-1-2-10(11)14/h4-6,10-11,14H,1-3H2/t10-,11-/m1/s1. The predicted molar refractivity (Wildman–Crippen MR) is 55.7 cm³/mol. The van der Waals surface area contributed by atoms with Crippen LogP contribution in [0.4, 0.5) is 4.39 Å². The second kappa shape index (κ2) is 4.37. The van der Waals surface area contributed by atoms with Crippen molar-refractivity contribution in [2.45, 2.75) is 31.5 Å². The topological polar surface area (TPSA) is 29.5 Å². The maximum Gasteiger partial charge on any atom is 0.142 e. The van der Waals surface area contributed by atoms with E-state index in [1.54, 1.807) is 0 Å². The summed E-state index contributed by atoms with van der Waals surface area (Å²) in [6.07, 6.45) is 1.94. The average molecular weight is 231 g/mol. The van der Waals surface area contributed by atoms with E-state index in [2.05, 4.69) is 0 Å². The van der Waals surface area contributed by atoms with Crippen molar-refractivity contribution < 1.29 is 14.2 Å². The lowest BCUT2D eigenvalue weighted by Gasteiger charge is -2.17. The molecule has 1 aliphatic rings. The van der Waals surface area contributed by atoms with E-state index in [-0.39, 0.29) is 11.1 Å². The fourth-order valence-corrected chi connectivity index (χ4v) is 1.94. The zero-order valence-corrected chi connectivity index (χ0v) is 8.88. The molecule has 0 unspecified atom stereocenters. The fraction of sp³-hybridized carbons (Fsp3) is 0.455. The van der Waals surface area contributed by atoms with Gasteiger partial charge in [0.05, 0.1) is 11.1 Å². The second-order valence-corrected chi connectivity index (χ2v) is 4.14. The number of hydrogen-bond acceptors (Lipinski definition) is 2. The summed E-state index contributed by atoms with van der Waals surface area (Å²) in [5.74, 6) is 0.0448. The molecule has 0 saturated heterocycles. The quantitative estimate of drug-likeness (QED) is 0.847. The Balaban J connectivity index is 2.07. The van der Waals surface area contributed by atoms with Gasteiger partial charge in [-0.15, -0.1) is 0 Å². The van der Waals surface area contributed by atoms with Gasteiger partial charge in [0.2, 0.25) is 0 Å². The van der Waals surface area contributed by atoms with E-state index < -0.39 is 11.9 Å². The highest BCUT2D eigenvalue weighted by Crippen LogP contribution is 2.27. The lowest BCUT2D eigenvalue weighted by Crippen LogP contribution is -2.25. The molecule has 2 atom stereocenters. The first-order valence-electron chi connectivity index (χ1n) is 4.96. The number of halogens is 2. The first-order valence-corrected chi connectivity index (χ1v) is 5.34. The van der Waals surface area contributed by atoms with Crippen LogP contribution < -0.4 is 4.74 Å². The number of hydrogen-bond donors (Lipinski definition) is 1. The first kappa shape index (κ1) is 10.7. The van der Waals surface area contributed by atoms with Crippen LogP contribution in [0.5, 0.6) is 5.75 Å². The Morgan fingerprint density at radius 1 is 1.40 bits per heavy atom. The Morgan fingerprint density at radius 2 is 2.20 bits per heavy atom. The van der Waals surface area contributed by atoms with Gasteiger partial charge in [0.15, 0.2) is 0 Å². The first-order chi connectivity index (χ1) is 7.16. The van der Waals surface area contributed by atoms with Crippen molar-refractivity contribution in [2.24, 2.45) is 0 Å². The van der Waals surface area contributed by atoms with Gasteiger partial charge in [0, 0.05) is 6.07 Å². The van der Waals surface area contributed by atoms with Crippen molar-refractivity contribution in [3.63, 3.8) is 0 Å². The van der Waals surface area contributed by atoms with Gasteiger partial charge >= 0.3 is 0 Å². The molecule has 2 nitrogen and oxygen atoms in total. The summed E-state index contributed by atoms with van der Waals surface area (Å²) in [6, 6.07) is 4.22. The summed E-state index contributed by atoms with van der Waals surface area (Å²) in [5.41, 5.74) is 0. The van der Waals surface area contributed by atoms with Crippen LogP contribution in [0.3, 0.4) is 0 Å². The van der Waals surface area contributed by atoms with Crippen molar-refractivity contribution in [1.82, 2.24) is 0 Å². The molecule has 0 heterocycles. The van der Waals surface area contributed by atoms with E-state index in [1.165, 1.54) is 18.2 Å². The number of aliphatic hydroxyl groups is 1. The van der Waals surface area contributed by atoms with Crippen LogP contribution in [0.15, 0.2) is 18.2 Å². The molecule has 0 aromatic heterocycles. The third-order valence-corrected chi connectivity index (χ3v) is 2.89. The molecule has 0 spiro atoms. The Bertz CT molecular complexity index is 356. The number of benzene rings is 1. The van der Waals surface area contributed by atoms with Crippen LogP contribution >= 0.6 is 11.6 Å². The minimum Gasteiger partial charge on any atom is -0.488 e. The minimum atomic E-state index is -0.462. The van der Waals surface area contributed by atoms with Crippen LogP contribution in [0.25, 0.3) is 0 Å². The maximum absolute atomic E-state index is 12.9. The van der Waals surface area contributed by atoms with Crippen molar-refractivity contribution >= 4 is 11.6 Å². The highest BCUT2D eigenvalue weighted by molar-refractivity contribution is 6.30. The molecule has 2 rings (SSSR count). The molecule has 0 bridgehead atoms. The van der Waals surface area contributed by atoms with Crippen LogP contribution in [0, 0.1) is 5.82 Å². The van der Waals surface area contributed by atoms with Gasteiger partial charge in [0.1, 0.15) is 17.7 Å². The van der Waals surface area contributed by atoms with E-state index in [9.17, 15) is 9.50 Å². The van der Waals surface area contributed by atoms with Gasteiger partial charge < -0.3 is 9.84 Å². The van der Waals surface area contributed by atoms with Gasteiger partial charge in [0.25, 0.3) is 0 Å². The van der Waals surface area contributed by atoms with E-state index >= 15 is 0 Å². The molecular formula is C11H12ClFO2. The van der Waals surface area contributed by atoms with Gasteiger partial charge in [-0.05, 0) is 31.4 Å². The van der Waals surface area contributed by atoms with Crippen molar-refractivity contribution in [2.75, 3.05) is 0 Å². The summed E-state index contributed by atoms with van der Waals surface area (Å²) >= 11 is 5.62. The van der Waals surface area contributed by atoms with Gasteiger partial charge in [-0.2, -0.15) is 0 Å². The third kappa shape index (κ3) is 2.41. The Labute approximate surface area is 92.6 Å². The van der Waals surface area contributed by atoms with Crippen molar-refractivity contribution in [3.05, 3.63) is 29.0 Å². The van der Waals surface area contributed by atoms with Crippen molar-refractivity contribution in [1.29, 1.82) is 0 Å². The molecule has 0 aliphatic heterocycles. The average Bonchev–Trinajstić information content (AvgIpc) is 2.59. The SMILES string of the molecule is O[C@@H]1CCC[C@H]1Oc1ccc(F)c(Cl)c1. The van der Waals surface area contributed by atoms with E-state index in [0.717, 1.165) is 19.3 Å². The number of ether oxygens (including phenoxy) is 1. The van der Waals surface area contributed by atoms with Gasteiger partial charge in [-0.3, -0.25) is 0 Å². The van der Waals surface area contributed by atoms with Crippen molar-refractivity contribution in [3.8, 4) is 5.75 Å². The normalized spacial score (nSPS) is 25.5. The monoisotopic (exact) mass is 230 g/mol. The van der Waals surface area contributed by atoms with Crippen LogP contribution in [-0.2, 0) is 0 Å². The fourth-order valence-electron chi connectivity index (χ4n) is 1.77. The molecule has 0 radical (unpaired) electrons. The molecule has 1 saturated carbocycles. The molecule has 1 aromatic carbocycles. The highest BCUT2D eigenvalue weighted by Gasteiger charge is 2.26. The van der Waals surface area contributed by atoms with Crippen LogP contribution in [0.2, 0.25) is 5.02 Å². The Kier molecular flexibility index (Phi) is 3.12. The number of aliphatic hydroxyl groups excluding tert-OH is 1. The predicted octanol–water partition coefficient (Wildman–Crippen LogP) is 2.77. The zero-order valence-electron chi connectivity index (χ0n) is 8.12. The summed E-state index contributed by atoms with van der Waals surface area (Å²) < 4.78 is 18.4. The van der Waals surface area contributed by atoms with Gasteiger partial charge in [-0.25, -0.2) is 4.39 Å². The molecule has 0 amide bonds. The summed E-state index contributed by atoms with van der Waals surface area (Å²) in [5, 5.41) is 9.58. The molecule has 1 N–H and O–H groups in total. The summed E-state index contributed by atoms with van der Waals surface area (Å²) in [4.78, 5) is 0. The summed E-state index contributed by atoms with van der Waals surface area (Å²) in [6.45, 7) is 0. The Hall–Kier alpha value is -0.800. The second-order valence-electron chi connectivity index (χ2n) is 3.73. The molecular weight excluding hydrogens is 219 g/mol. The zero-order chi connectivity index (χ0) is 10.8. The molecule has 82 valence electrons. The van der Waals surface area contributed by atoms with Gasteiger partial charge in [-0.1, -0.05) is 11.6 Å². The molecule has 1 aliphatic carbocycles. The number of rotatable bonds is 2. The minimum absolute atomic E-state index is 0.0417. The molecule has 4 heteroatoms. The maximum atomic E-state index is 12.9. The smallest absolute Gasteiger partial charge is 0.142 e. The lowest BCUT2D eigenvalue weighted by molar-refractivity contribution is 0.0603. The largest absolute Gasteiger partial charge is 0.488 e. The molecule has 1 fully saturated rings. The van der Waals surface area contributed by atoms with E-state index in [4.69, 9.17) is 16.3 Å². The Morgan fingerprint density at radius 3 is 2.80 bits per heavy atom.